The van der Waals surface area contributed by atoms with Crippen LogP contribution < -0.4 is 10.1 Å². The van der Waals surface area contributed by atoms with E-state index in [0.717, 1.165) is 22.7 Å². The second kappa shape index (κ2) is 10.5. The van der Waals surface area contributed by atoms with Crippen LogP contribution in [-0.2, 0) is 17.8 Å². The fourth-order valence-corrected chi connectivity index (χ4v) is 4.29. The Morgan fingerprint density at radius 3 is 2.84 bits per heavy atom. The summed E-state index contributed by atoms with van der Waals surface area (Å²) in [7, 11) is 0. The quantitative estimate of drug-likeness (QED) is 0.356. The van der Waals surface area contributed by atoms with E-state index in [2.05, 4.69) is 45.3 Å². The lowest BCUT2D eigenvalue weighted by molar-refractivity contribution is -0.113. The van der Waals surface area contributed by atoms with Gasteiger partial charge in [0.2, 0.25) is 11.0 Å². The molecule has 0 aliphatic carbocycles. The number of hydrogen-bond acceptors (Lipinski definition) is 8. The van der Waals surface area contributed by atoms with Crippen molar-refractivity contribution in [2.45, 2.75) is 51.9 Å². The lowest BCUT2D eigenvalue weighted by Gasteiger charge is -2.17. The van der Waals surface area contributed by atoms with Crippen LogP contribution in [0.4, 0.5) is 5.13 Å². The van der Waals surface area contributed by atoms with Crippen molar-refractivity contribution in [3.05, 3.63) is 52.8 Å². The Kier molecular flexibility index (Phi) is 7.80. The van der Waals surface area contributed by atoms with E-state index in [1.807, 2.05) is 37.5 Å². The predicted octanol–water partition coefficient (Wildman–Crippen LogP) is 4.37. The molecule has 2 aromatic heterocycles. The number of carbonyl (C=O) groups is 1. The molecule has 0 spiro atoms. The summed E-state index contributed by atoms with van der Waals surface area (Å²) in [5.41, 5.74) is 2.26. The van der Waals surface area contributed by atoms with Gasteiger partial charge in [-0.15, -0.1) is 27.0 Å². The highest BCUT2D eigenvalue weighted by Gasteiger charge is 2.20. The minimum absolute atomic E-state index is 0.168. The molecule has 10 heteroatoms. The van der Waals surface area contributed by atoms with Crippen LogP contribution in [0.5, 0.6) is 5.75 Å². The van der Waals surface area contributed by atoms with E-state index in [1.54, 1.807) is 6.08 Å². The van der Waals surface area contributed by atoms with E-state index in [-0.39, 0.29) is 17.8 Å². The van der Waals surface area contributed by atoms with Gasteiger partial charge in [-0.05, 0) is 44.4 Å². The molecule has 0 aliphatic rings. The van der Waals surface area contributed by atoms with Crippen molar-refractivity contribution in [1.29, 1.82) is 0 Å². The summed E-state index contributed by atoms with van der Waals surface area (Å²) in [6.45, 7) is 12.4. The third-order valence-corrected chi connectivity index (χ3v) is 6.58. The first-order chi connectivity index (χ1) is 14.9. The van der Waals surface area contributed by atoms with Crippen molar-refractivity contribution in [3.63, 3.8) is 0 Å². The van der Waals surface area contributed by atoms with E-state index >= 15 is 0 Å². The summed E-state index contributed by atoms with van der Waals surface area (Å²) in [5, 5.41) is 21.4. The number of benzene rings is 1. The molecule has 164 valence electrons. The molecule has 3 rings (SSSR count). The zero-order valence-corrected chi connectivity index (χ0v) is 19.7. The Balaban J connectivity index is 1.68. The molecule has 0 fully saturated rings. The van der Waals surface area contributed by atoms with Crippen LogP contribution >= 0.6 is 23.1 Å². The Hall–Kier alpha value is -2.72. The van der Waals surface area contributed by atoms with Gasteiger partial charge in [0.25, 0.3) is 0 Å². The third kappa shape index (κ3) is 5.71. The zero-order valence-electron chi connectivity index (χ0n) is 18.1. The van der Waals surface area contributed by atoms with Gasteiger partial charge >= 0.3 is 0 Å². The third-order valence-electron chi connectivity index (χ3n) is 4.63. The molecule has 31 heavy (non-hydrogen) atoms. The number of allylic oxidation sites excluding steroid dienone is 1. The van der Waals surface area contributed by atoms with Crippen molar-refractivity contribution >= 4 is 34.1 Å². The molecular weight excluding hydrogens is 432 g/mol. The lowest BCUT2D eigenvalue weighted by atomic mass is 10.1. The van der Waals surface area contributed by atoms with Crippen molar-refractivity contribution in [2.75, 3.05) is 11.1 Å². The number of thioether (sulfide) groups is 1. The Morgan fingerprint density at radius 2 is 2.13 bits per heavy atom. The smallest absolute Gasteiger partial charge is 0.236 e. The molecule has 0 aliphatic heterocycles. The van der Waals surface area contributed by atoms with Crippen molar-refractivity contribution in [1.82, 2.24) is 25.0 Å². The van der Waals surface area contributed by atoms with Crippen LogP contribution in [0.15, 0.2) is 36.0 Å². The molecule has 1 atom stereocenters. The molecule has 8 nitrogen and oxygen atoms in total. The maximum absolute atomic E-state index is 12.3. The summed E-state index contributed by atoms with van der Waals surface area (Å²) in [4.78, 5) is 12.3. The van der Waals surface area contributed by atoms with Gasteiger partial charge in [0.05, 0.1) is 5.75 Å². The van der Waals surface area contributed by atoms with Gasteiger partial charge in [0, 0.05) is 6.54 Å². The summed E-state index contributed by atoms with van der Waals surface area (Å²) >= 11 is 2.69. The highest BCUT2D eigenvalue weighted by atomic mass is 32.2. The molecule has 1 unspecified atom stereocenters. The van der Waals surface area contributed by atoms with Gasteiger partial charge in [-0.2, -0.15) is 0 Å². The van der Waals surface area contributed by atoms with E-state index in [4.69, 9.17) is 4.74 Å². The van der Waals surface area contributed by atoms with Gasteiger partial charge < -0.3 is 4.74 Å². The number of amides is 1. The average molecular weight is 459 g/mol. The molecular formula is C21H26N6O2S2. The summed E-state index contributed by atoms with van der Waals surface area (Å²) < 4.78 is 8.09. The molecule has 0 saturated heterocycles. The molecule has 0 saturated carbocycles. The molecule has 1 N–H and O–H groups in total. The van der Waals surface area contributed by atoms with Crippen molar-refractivity contribution in [2.24, 2.45) is 0 Å². The monoisotopic (exact) mass is 458 g/mol. The van der Waals surface area contributed by atoms with Crippen LogP contribution in [0.3, 0.4) is 0 Å². The van der Waals surface area contributed by atoms with Gasteiger partial charge in [-0.3, -0.25) is 14.7 Å². The molecule has 3 aromatic rings. The minimum atomic E-state index is -0.315. The number of nitrogens with zero attached hydrogens (tertiary/aromatic N) is 5. The Labute approximate surface area is 190 Å². The summed E-state index contributed by atoms with van der Waals surface area (Å²) in [6.07, 6.45) is 2.25. The maximum atomic E-state index is 12.3. The number of carbonyl (C=O) groups excluding carboxylic acids is 1. The van der Waals surface area contributed by atoms with Crippen molar-refractivity contribution < 1.29 is 9.53 Å². The molecule has 0 radical (unpaired) electrons. The molecule has 2 heterocycles. The Morgan fingerprint density at radius 1 is 1.32 bits per heavy atom. The zero-order chi connectivity index (χ0) is 22.4. The van der Waals surface area contributed by atoms with Crippen molar-refractivity contribution in [3.8, 4) is 5.75 Å². The predicted molar refractivity (Wildman–Crippen MR) is 124 cm³/mol. The number of anilines is 1. The van der Waals surface area contributed by atoms with Crippen LogP contribution in [-0.4, -0.2) is 36.6 Å². The fraction of sp³-hybridized carbons (Fsp3) is 0.381. The number of nitrogens with one attached hydrogen (secondary N) is 1. The number of ether oxygens (including phenoxy) is 1. The SMILES string of the molecule is C=CCn1c(SCC(=O)Nc2nnc(CC)s2)nnc1C(C)Oc1cccc(C)c1C. The minimum Gasteiger partial charge on any atom is -0.482 e. The van der Waals surface area contributed by atoms with E-state index < -0.39 is 0 Å². The number of aryl methyl sites for hydroxylation is 2. The molecule has 0 bridgehead atoms. The topological polar surface area (TPSA) is 94.8 Å². The number of hydrogen-bond donors (Lipinski definition) is 1. The van der Waals surface area contributed by atoms with Crippen LogP contribution in [0, 0.1) is 13.8 Å². The van der Waals surface area contributed by atoms with Gasteiger partial charge in [0.15, 0.2) is 17.1 Å². The van der Waals surface area contributed by atoms with Gasteiger partial charge in [-0.25, -0.2) is 0 Å². The first kappa shape index (κ1) is 23.0. The maximum Gasteiger partial charge on any atom is 0.236 e. The lowest BCUT2D eigenvalue weighted by Crippen LogP contribution is -2.15. The van der Waals surface area contributed by atoms with E-state index in [1.165, 1.54) is 28.7 Å². The number of rotatable bonds is 10. The van der Waals surface area contributed by atoms with Gasteiger partial charge in [0.1, 0.15) is 10.8 Å². The van der Waals surface area contributed by atoms with Gasteiger partial charge in [-0.1, -0.05) is 48.2 Å². The normalized spacial score (nSPS) is 11.9. The van der Waals surface area contributed by atoms with Crippen LogP contribution in [0.25, 0.3) is 0 Å². The second-order valence-corrected chi connectivity index (χ2v) is 8.89. The van der Waals surface area contributed by atoms with E-state index in [0.29, 0.717) is 22.7 Å². The van der Waals surface area contributed by atoms with E-state index in [9.17, 15) is 4.79 Å². The van der Waals surface area contributed by atoms with Crippen LogP contribution in [0.1, 0.15) is 41.9 Å². The highest BCUT2D eigenvalue weighted by Crippen LogP contribution is 2.28. The first-order valence-corrected chi connectivity index (χ1v) is 11.7. The van der Waals surface area contributed by atoms with Crippen LogP contribution in [0.2, 0.25) is 0 Å². The Bertz CT molecular complexity index is 1060. The number of aromatic nitrogens is 5. The molecule has 1 aromatic carbocycles. The fourth-order valence-electron chi connectivity index (χ4n) is 2.84. The highest BCUT2D eigenvalue weighted by molar-refractivity contribution is 7.99. The second-order valence-electron chi connectivity index (χ2n) is 6.89. The average Bonchev–Trinajstić information content (AvgIpc) is 3.37. The standard InChI is InChI=1S/C21H26N6O2S2/c1-6-11-27-19(15(5)29-16-10-8-9-13(3)14(16)4)24-26-21(27)30-12-17(28)22-20-25-23-18(7-2)31-20/h6,8-10,15H,1,7,11-12H2,2-5H3,(H,22,25,28). The first-order valence-electron chi connectivity index (χ1n) is 9.94. The summed E-state index contributed by atoms with van der Waals surface area (Å²) in [6, 6.07) is 5.97. The largest absolute Gasteiger partial charge is 0.482 e. The summed E-state index contributed by atoms with van der Waals surface area (Å²) in [5.74, 6) is 1.51. The molecule has 1 amide bonds.